The average Bonchev–Trinajstić information content (AvgIpc) is 2.47. The number of rotatable bonds is 7. The predicted molar refractivity (Wildman–Crippen MR) is 91.0 cm³/mol. The summed E-state index contributed by atoms with van der Waals surface area (Å²) < 4.78 is 5.05. The van der Waals surface area contributed by atoms with Crippen LogP contribution in [0.4, 0.5) is 17.5 Å². The fourth-order valence-corrected chi connectivity index (χ4v) is 2.14. The van der Waals surface area contributed by atoms with Gasteiger partial charge in [-0.05, 0) is 44.4 Å². The lowest BCUT2D eigenvalue weighted by Gasteiger charge is -2.12. The molecule has 118 valence electrons. The maximum absolute atomic E-state index is 5.05. The van der Waals surface area contributed by atoms with Crippen molar-refractivity contribution >= 4 is 17.5 Å². The molecular formula is C17H24N4O. The molecular weight excluding hydrogens is 276 g/mol. The molecule has 1 aromatic carbocycles. The summed E-state index contributed by atoms with van der Waals surface area (Å²) in [6.07, 6.45) is 0.944. The van der Waals surface area contributed by atoms with Gasteiger partial charge in [-0.2, -0.15) is 4.98 Å². The van der Waals surface area contributed by atoms with Crippen LogP contribution in [0.5, 0.6) is 0 Å². The van der Waals surface area contributed by atoms with Gasteiger partial charge in [0.15, 0.2) is 0 Å². The molecule has 2 N–H and O–H groups in total. The van der Waals surface area contributed by atoms with Crippen molar-refractivity contribution in [3.8, 4) is 0 Å². The van der Waals surface area contributed by atoms with Crippen molar-refractivity contribution in [3.05, 3.63) is 41.1 Å². The number of benzene rings is 1. The molecule has 0 aliphatic heterocycles. The van der Waals surface area contributed by atoms with E-state index in [1.807, 2.05) is 13.0 Å². The minimum atomic E-state index is 0.614. The summed E-state index contributed by atoms with van der Waals surface area (Å²) in [5.41, 5.74) is 4.34. The molecule has 0 saturated carbocycles. The van der Waals surface area contributed by atoms with E-state index in [0.29, 0.717) is 5.95 Å². The molecule has 0 bridgehead atoms. The molecule has 22 heavy (non-hydrogen) atoms. The number of hydrogen-bond donors (Lipinski definition) is 2. The summed E-state index contributed by atoms with van der Waals surface area (Å²) in [5.74, 6) is 1.44. The third kappa shape index (κ3) is 4.70. The average molecular weight is 300 g/mol. The minimum Gasteiger partial charge on any atom is -0.385 e. The van der Waals surface area contributed by atoms with Gasteiger partial charge in [0.25, 0.3) is 0 Å². The van der Waals surface area contributed by atoms with E-state index in [9.17, 15) is 0 Å². The standard InChI is InChI=1S/C17H24N4O/c1-12-6-7-13(2)15(10-12)20-17-19-14(3)11-16(21-17)18-8-5-9-22-4/h6-7,10-11H,5,8-9H2,1-4H3,(H2,18,19,20,21). The van der Waals surface area contributed by atoms with Crippen molar-refractivity contribution < 1.29 is 4.74 Å². The van der Waals surface area contributed by atoms with Gasteiger partial charge in [0.2, 0.25) is 5.95 Å². The quantitative estimate of drug-likeness (QED) is 0.765. The fourth-order valence-electron chi connectivity index (χ4n) is 2.14. The van der Waals surface area contributed by atoms with Crippen LogP contribution in [0, 0.1) is 20.8 Å². The monoisotopic (exact) mass is 300 g/mol. The van der Waals surface area contributed by atoms with E-state index >= 15 is 0 Å². The van der Waals surface area contributed by atoms with Crippen molar-refractivity contribution in [1.29, 1.82) is 0 Å². The van der Waals surface area contributed by atoms with Gasteiger partial charge in [-0.1, -0.05) is 12.1 Å². The Morgan fingerprint density at radius 2 is 1.91 bits per heavy atom. The first-order valence-corrected chi connectivity index (χ1v) is 7.51. The highest BCUT2D eigenvalue weighted by Gasteiger charge is 2.05. The van der Waals surface area contributed by atoms with E-state index < -0.39 is 0 Å². The van der Waals surface area contributed by atoms with E-state index in [4.69, 9.17) is 4.74 Å². The maximum Gasteiger partial charge on any atom is 0.229 e. The normalized spacial score (nSPS) is 10.5. The molecule has 5 nitrogen and oxygen atoms in total. The summed E-state index contributed by atoms with van der Waals surface area (Å²) in [6.45, 7) is 7.68. The zero-order valence-corrected chi connectivity index (χ0v) is 13.7. The van der Waals surface area contributed by atoms with Crippen molar-refractivity contribution in [2.75, 3.05) is 30.9 Å². The summed E-state index contributed by atoms with van der Waals surface area (Å²) in [4.78, 5) is 8.98. The van der Waals surface area contributed by atoms with Gasteiger partial charge in [-0.3, -0.25) is 0 Å². The third-order valence-corrected chi connectivity index (χ3v) is 3.33. The number of hydrogen-bond acceptors (Lipinski definition) is 5. The van der Waals surface area contributed by atoms with Crippen LogP contribution in [0.1, 0.15) is 23.2 Å². The molecule has 0 amide bonds. The zero-order chi connectivity index (χ0) is 15.9. The lowest BCUT2D eigenvalue weighted by molar-refractivity contribution is 0.198. The largest absolute Gasteiger partial charge is 0.385 e. The summed E-state index contributed by atoms with van der Waals surface area (Å²) in [7, 11) is 1.71. The van der Waals surface area contributed by atoms with Gasteiger partial charge in [-0.15, -0.1) is 0 Å². The number of anilines is 3. The van der Waals surface area contributed by atoms with Crippen LogP contribution in [0.2, 0.25) is 0 Å². The van der Waals surface area contributed by atoms with Gasteiger partial charge < -0.3 is 15.4 Å². The van der Waals surface area contributed by atoms with Crippen LogP contribution in [0.25, 0.3) is 0 Å². The molecule has 2 aromatic rings. The second kappa shape index (κ2) is 7.75. The Bertz CT molecular complexity index is 628. The van der Waals surface area contributed by atoms with Gasteiger partial charge in [0, 0.05) is 37.7 Å². The van der Waals surface area contributed by atoms with E-state index in [2.05, 4.69) is 52.6 Å². The number of aryl methyl sites for hydroxylation is 3. The molecule has 2 rings (SSSR count). The second-order valence-corrected chi connectivity index (χ2v) is 5.43. The van der Waals surface area contributed by atoms with Crippen LogP contribution in [0.3, 0.4) is 0 Å². The van der Waals surface area contributed by atoms with Gasteiger partial charge in [0.1, 0.15) is 5.82 Å². The summed E-state index contributed by atoms with van der Waals surface area (Å²) in [6, 6.07) is 8.24. The Labute approximate surface area is 132 Å². The first kappa shape index (κ1) is 16.2. The molecule has 1 aromatic heterocycles. The molecule has 0 spiro atoms. The smallest absolute Gasteiger partial charge is 0.229 e. The van der Waals surface area contributed by atoms with E-state index in [1.165, 1.54) is 11.1 Å². The number of methoxy groups -OCH3 is 1. The van der Waals surface area contributed by atoms with E-state index in [0.717, 1.165) is 36.8 Å². The lowest BCUT2D eigenvalue weighted by Crippen LogP contribution is -2.08. The molecule has 0 radical (unpaired) electrons. The Morgan fingerprint density at radius 3 is 2.68 bits per heavy atom. The molecule has 0 aliphatic rings. The van der Waals surface area contributed by atoms with Gasteiger partial charge >= 0.3 is 0 Å². The molecule has 0 fully saturated rings. The first-order chi connectivity index (χ1) is 10.6. The van der Waals surface area contributed by atoms with Crippen LogP contribution >= 0.6 is 0 Å². The van der Waals surface area contributed by atoms with Crippen molar-refractivity contribution in [1.82, 2.24) is 9.97 Å². The number of nitrogens with zero attached hydrogens (tertiary/aromatic N) is 2. The maximum atomic E-state index is 5.05. The number of ether oxygens (including phenoxy) is 1. The summed E-state index contributed by atoms with van der Waals surface area (Å²) in [5, 5.41) is 6.61. The van der Waals surface area contributed by atoms with E-state index in [-0.39, 0.29) is 0 Å². The number of aromatic nitrogens is 2. The van der Waals surface area contributed by atoms with Crippen LogP contribution in [-0.2, 0) is 4.74 Å². The Morgan fingerprint density at radius 1 is 1.09 bits per heavy atom. The van der Waals surface area contributed by atoms with E-state index in [1.54, 1.807) is 7.11 Å². The van der Waals surface area contributed by atoms with Gasteiger partial charge in [-0.25, -0.2) is 4.98 Å². The highest BCUT2D eigenvalue weighted by molar-refractivity contribution is 5.60. The molecule has 0 aliphatic carbocycles. The summed E-state index contributed by atoms with van der Waals surface area (Å²) >= 11 is 0. The van der Waals surface area contributed by atoms with Crippen molar-refractivity contribution in [2.45, 2.75) is 27.2 Å². The van der Waals surface area contributed by atoms with Crippen LogP contribution < -0.4 is 10.6 Å². The number of nitrogens with one attached hydrogen (secondary N) is 2. The van der Waals surface area contributed by atoms with Crippen LogP contribution in [-0.4, -0.2) is 30.2 Å². The molecule has 1 heterocycles. The third-order valence-electron chi connectivity index (χ3n) is 3.33. The van der Waals surface area contributed by atoms with Crippen molar-refractivity contribution in [2.24, 2.45) is 0 Å². The highest BCUT2D eigenvalue weighted by Crippen LogP contribution is 2.20. The topological polar surface area (TPSA) is 59.1 Å². The molecule has 0 atom stereocenters. The Balaban J connectivity index is 2.10. The first-order valence-electron chi connectivity index (χ1n) is 7.51. The molecule has 0 saturated heterocycles. The minimum absolute atomic E-state index is 0.614. The second-order valence-electron chi connectivity index (χ2n) is 5.43. The highest BCUT2D eigenvalue weighted by atomic mass is 16.5. The van der Waals surface area contributed by atoms with Gasteiger partial charge in [0.05, 0.1) is 0 Å². The molecule has 0 unspecified atom stereocenters. The van der Waals surface area contributed by atoms with Crippen LogP contribution in [0.15, 0.2) is 24.3 Å². The predicted octanol–water partition coefficient (Wildman–Crippen LogP) is 3.59. The Kier molecular flexibility index (Phi) is 5.72. The Hall–Kier alpha value is -2.14. The molecule has 5 heteroatoms. The fraction of sp³-hybridized carbons (Fsp3) is 0.412. The lowest BCUT2D eigenvalue weighted by atomic mass is 10.1. The van der Waals surface area contributed by atoms with Crippen molar-refractivity contribution in [3.63, 3.8) is 0 Å². The zero-order valence-electron chi connectivity index (χ0n) is 13.7. The SMILES string of the molecule is COCCCNc1cc(C)nc(Nc2cc(C)ccc2C)n1.